The monoisotopic (exact) mass is 282 g/mol. The van der Waals surface area contributed by atoms with Gasteiger partial charge in [-0.05, 0) is 12.5 Å². The molecule has 1 heterocycles. The van der Waals surface area contributed by atoms with Gasteiger partial charge in [-0.25, -0.2) is 0 Å². The Morgan fingerprint density at radius 3 is 2.20 bits per heavy atom. The molecule has 1 saturated heterocycles. The molecule has 0 saturated carbocycles. The number of ether oxygens (including phenoxy) is 1. The van der Waals surface area contributed by atoms with Crippen molar-refractivity contribution in [3.05, 3.63) is 35.4 Å². The number of benzene rings is 1. The number of rotatable bonds is 3. The number of hydrogen-bond acceptors (Lipinski definition) is 6. The molecule has 2 rings (SSSR count). The maximum Gasteiger partial charge on any atom is 0.159 e. The Hall–Kier alpha value is -1.31. The van der Waals surface area contributed by atoms with Crippen LogP contribution in [0.1, 0.15) is 28.9 Å². The van der Waals surface area contributed by atoms with Crippen LogP contribution in [0.15, 0.2) is 24.3 Å². The maximum atomic E-state index is 11.2. The number of carbonyl (C=O) groups excluding carboxylic acids is 1. The molecule has 1 aromatic carbocycles. The minimum absolute atomic E-state index is 0.0784. The first-order chi connectivity index (χ1) is 9.45. The van der Waals surface area contributed by atoms with Crippen LogP contribution in [0.4, 0.5) is 0 Å². The minimum Gasteiger partial charge on any atom is -0.394 e. The highest BCUT2D eigenvalue weighted by molar-refractivity contribution is 5.94. The standard InChI is InChI=1S/C14H18O6/c1-7(16)8-2-4-9(5-3-8)14-13(19)12(18)11(17)10(6-15)20-14/h2-5,10-15,17-19H,6H2,1H3/t10-,11-,12+,13-,14+/m1/s1. The molecule has 6 nitrogen and oxygen atoms in total. The van der Waals surface area contributed by atoms with E-state index in [2.05, 4.69) is 0 Å². The fourth-order valence-corrected chi connectivity index (χ4v) is 2.28. The fourth-order valence-electron chi connectivity index (χ4n) is 2.28. The normalized spacial score (nSPS) is 34.0. The molecule has 0 spiro atoms. The quantitative estimate of drug-likeness (QED) is 0.552. The Bertz CT molecular complexity index is 469. The molecule has 6 heteroatoms. The summed E-state index contributed by atoms with van der Waals surface area (Å²) in [6.07, 6.45) is -5.89. The zero-order valence-corrected chi connectivity index (χ0v) is 11.0. The topological polar surface area (TPSA) is 107 Å². The first-order valence-electron chi connectivity index (χ1n) is 6.37. The molecule has 0 amide bonds. The lowest BCUT2D eigenvalue weighted by atomic mass is 9.91. The zero-order valence-electron chi connectivity index (χ0n) is 11.0. The highest BCUT2D eigenvalue weighted by atomic mass is 16.5. The van der Waals surface area contributed by atoms with Crippen molar-refractivity contribution in [2.45, 2.75) is 37.4 Å². The summed E-state index contributed by atoms with van der Waals surface area (Å²) in [5.41, 5.74) is 1.09. The van der Waals surface area contributed by atoms with Crippen LogP contribution in [0, 0.1) is 0 Å². The van der Waals surface area contributed by atoms with E-state index in [1.807, 2.05) is 0 Å². The van der Waals surface area contributed by atoms with Crippen molar-refractivity contribution in [1.29, 1.82) is 0 Å². The smallest absolute Gasteiger partial charge is 0.159 e. The van der Waals surface area contributed by atoms with Crippen LogP contribution in [-0.4, -0.2) is 57.2 Å². The van der Waals surface area contributed by atoms with E-state index < -0.39 is 37.1 Å². The van der Waals surface area contributed by atoms with Crippen LogP contribution in [0.5, 0.6) is 0 Å². The van der Waals surface area contributed by atoms with Gasteiger partial charge in [-0.1, -0.05) is 24.3 Å². The lowest BCUT2D eigenvalue weighted by molar-refractivity contribution is -0.231. The van der Waals surface area contributed by atoms with Crippen molar-refractivity contribution in [2.75, 3.05) is 6.61 Å². The van der Waals surface area contributed by atoms with E-state index in [1.165, 1.54) is 6.92 Å². The third-order valence-electron chi connectivity index (χ3n) is 3.54. The van der Waals surface area contributed by atoms with Gasteiger partial charge in [0.1, 0.15) is 30.5 Å². The van der Waals surface area contributed by atoms with Crippen LogP contribution in [-0.2, 0) is 4.74 Å². The van der Waals surface area contributed by atoms with Crippen LogP contribution in [0.2, 0.25) is 0 Å². The molecule has 1 aliphatic heterocycles. The van der Waals surface area contributed by atoms with Gasteiger partial charge < -0.3 is 25.2 Å². The Morgan fingerprint density at radius 2 is 1.70 bits per heavy atom. The SMILES string of the molecule is CC(=O)c1ccc([C@@H]2O[C@H](CO)[C@@H](O)[C@H](O)[C@H]2O)cc1. The molecule has 110 valence electrons. The molecular weight excluding hydrogens is 264 g/mol. The van der Waals surface area contributed by atoms with Crippen LogP contribution in [0.25, 0.3) is 0 Å². The predicted molar refractivity (Wildman–Crippen MR) is 69.2 cm³/mol. The van der Waals surface area contributed by atoms with Crippen LogP contribution in [0.3, 0.4) is 0 Å². The largest absolute Gasteiger partial charge is 0.394 e. The second kappa shape index (κ2) is 5.99. The summed E-state index contributed by atoms with van der Waals surface area (Å²) in [6.45, 7) is 0.982. The molecule has 5 atom stereocenters. The van der Waals surface area contributed by atoms with Gasteiger partial charge in [-0.3, -0.25) is 4.79 Å². The number of hydrogen-bond donors (Lipinski definition) is 4. The summed E-state index contributed by atoms with van der Waals surface area (Å²) >= 11 is 0. The summed E-state index contributed by atoms with van der Waals surface area (Å²) < 4.78 is 5.42. The second-order valence-corrected chi connectivity index (χ2v) is 4.93. The first kappa shape index (κ1) is 15.1. The molecule has 1 fully saturated rings. The van der Waals surface area contributed by atoms with Crippen molar-refractivity contribution >= 4 is 5.78 Å². The van der Waals surface area contributed by atoms with E-state index in [0.29, 0.717) is 11.1 Å². The molecule has 1 aliphatic rings. The number of ketones is 1. The number of aliphatic hydroxyl groups is 4. The lowest BCUT2D eigenvalue weighted by Gasteiger charge is -2.40. The molecule has 20 heavy (non-hydrogen) atoms. The first-order valence-corrected chi connectivity index (χ1v) is 6.37. The van der Waals surface area contributed by atoms with Gasteiger partial charge in [-0.15, -0.1) is 0 Å². The molecule has 0 unspecified atom stereocenters. The van der Waals surface area contributed by atoms with Gasteiger partial charge in [-0.2, -0.15) is 0 Å². The van der Waals surface area contributed by atoms with Crippen molar-refractivity contribution in [1.82, 2.24) is 0 Å². The van der Waals surface area contributed by atoms with E-state index in [9.17, 15) is 20.1 Å². The summed E-state index contributed by atoms with van der Waals surface area (Å²) in [5, 5.41) is 38.5. The van der Waals surface area contributed by atoms with Gasteiger partial charge in [0.25, 0.3) is 0 Å². The van der Waals surface area contributed by atoms with E-state index in [-0.39, 0.29) is 5.78 Å². The summed E-state index contributed by atoms with van der Waals surface area (Å²) in [5.74, 6) is -0.0784. The highest BCUT2D eigenvalue weighted by Gasteiger charge is 2.43. The van der Waals surface area contributed by atoms with Gasteiger partial charge in [0.2, 0.25) is 0 Å². The van der Waals surface area contributed by atoms with Crippen molar-refractivity contribution in [3.8, 4) is 0 Å². The summed E-state index contributed by atoms with van der Waals surface area (Å²) in [4.78, 5) is 11.2. The summed E-state index contributed by atoms with van der Waals surface area (Å²) in [6, 6.07) is 6.42. The van der Waals surface area contributed by atoms with Crippen molar-refractivity contribution in [2.24, 2.45) is 0 Å². The van der Waals surface area contributed by atoms with E-state index in [1.54, 1.807) is 24.3 Å². The Morgan fingerprint density at radius 1 is 1.10 bits per heavy atom. The van der Waals surface area contributed by atoms with Gasteiger partial charge in [0, 0.05) is 5.56 Å². The van der Waals surface area contributed by atoms with Gasteiger partial charge >= 0.3 is 0 Å². The molecule has 0 bridgehead atoms. The van der Waals surface area contributed by atoms with Gasteiger partial charge in [0.05, 0.1) is 6.61 Å². The van der Waals surface area contributed by atoms with E-state index in [0.717, 1.165) is 0 Å². The molecule has 4 N–H and O–H groups in total. The summed E-state index contributed by atoms with van der Waals surface area (Å²) in [7, 11) is 0. The number of Topliss-reactive ketones (excluding diaryl/α,β-unsaturated/α-hetero) is 1. The van der Waals surface area contributed by atoms with Crippen molar-refractivity contribution in [3.63, 3.8) is 0 Å². The zero-order chi connectivity index (χ0) is 14.9. The minimum atomic E-state index is -1.40. The number of aliphatic hydroxyl groups excluding tert-OH is 4. The molecule has 0 radical (unpaired) electrons. The average molecular weight is 282 g/mol. The molecule has 1 aromatic rings. The third kappa shape index (κ3) is 2.74. The fraction of sp³-hybridized carbons (Fsp3) is 0.500. The van der Waals surface area contributed by atoms with Crippen LogP contribution >= 0.6 is 0 Å². The predicted octanol–water partition coefficient (Wildman–Crippen LogP) is -0.596. The molecule has 0 aliphatic carbocycles. The Labute approximate surface area is 116 Å². The molecular formula is C14H18O6. The highest BCUT2D eigenvalue weighted by Crippen LogP contribution is 2.32. The van der Waals surface area contributed by atoms with Crippen LogP contribution < -0.4 is 0 Å². The average Bonchev–Trinajstić information content (AvgIpc) is 2.45. The van der Waals surface area contributed by atoms with Crippen molar-refractivity contribution < 1.29 is 30.0 Å². The lowest BCUT2D eigenvalue weighted by Crippen LogP contribution is -2.55. The second-order valence-electron chi connectivity index (χ2n) is 4.93. The Balaban J connectivity index is 2.24. The Kier molecular flexibility index (Phi) is 4.52. The van der Waals surface area contributed by atoms with E-state index in [4.69, 9.17) is 9.84 Å². The molecule has 0 aromatic heterocycles. The number of carbonyl (C=O) groups is 1. The van der Waals surface area contributed by atoms with Gasteiger partial charge in [0.15, 0.2) is 5.78 Å². The third-order valence-corrected chi connectivity index (χ3v) is 3.54. The maximum absolute atomic E-state index is 11.2. The van der Waals surface area contributed by atoms with E-state index >= 15 is 0 Å².